The van der Waals surface area contributed by atoms with Gasteiger partial charge in [-0.1, -0.05) is 0 Å². The zero-order chi connectivity index (χ0) is 18.2. The molecule has 2 rings (SSSR count). The Morgan fingerprint density at radius 3 is 2.04 bits per heavy atom. The van der Waals surface area contributed by atoms with Crippen LogP contribution >= 0.6 is 0 Å². The highest BCUT2D eigenvalue weighted by Gasteiger charge is 2.24. The van der Waals surface area contributed by atoms with Crippen LogP contribution in [-0.2, 0) is 0 Å². The molecule has 0 aliphatic carbocycles. The standard InChI is InChI=1S/C15H8F5N3O/c1-6-3-7(2)23(15(24)8(6)4-21)22-5-9-10(16)12(18)14(20)13(19)11(9)17/h3,5H,1-2H3/b22-5+. The SMILES string of the molecule is Cc1cc(C)n(/N=C/c2c(F)c(F)c(F)c(F)c2F)c(=O)c1C#N. The van der Waals surface area contributed by atoms with E-state index in [4.69, 9.17) is 5.26 Å². The Morgan fingerprint density at radius 2 is 1.54 bits per heavy atom. The molecule has 0 amide bonds. The third-order valence-electron chi connectivity index (χ3n) is 3.22. The van der Waals surface area contributed by atoms with Gasteiger partial charge >= 0.3 is 0 Å². The molecule has 9 heteroatoms. The summed E-state index contributed by atoms with van der Waals surface area (Å²) in [6.45, 7) is 2.93. The van der Waals surface area contributed by atoms with Gasteiger partial charge in [0.05, 0.1) is 11.8 Å². The van der Waals surface area contributed by atoms with E-state index in [2.05, 4.69) is 5.10 Å². The van der Waals surface area contributed by atoms with Crippen LogP contribution in [0.1, 0.15) is 22.4 Å². The van der Waals surface area contributed by atoms with Gasteiger partial charge in [0.25, 0.3) is 5.56 Å². The van der Waals surface area contributed by atoms with Crippen LogP contribution < -0.4 is 5.56 Å². The Morgan fingerprint density at radius 1 is 1.04 bits per heavy atom. The van der Waals surface area contributed by atoms with Gasteiger partial charge in [-0.2, -0.15) is 10.4 Å². The third-order valence-corrected chi connectivity index (χ3v) is 3.22. The number of pyridine rings is 1. The summed E-state index contributed by atoms with van der Waals surface area (Å²) in [5, 5.41) is 12.4. The quantitative estimate of drug-likeness (QED) is 0.365. The van der Waals surface area contributed by atoms with Gasteiger partial charge in [-0.25, -0.2) is 26.6 Å². The fourth-order valence-corrected chi connectivity index (χ4v) is 2.01. The highest BCUT2D eigenvalue weighted by molar-refractivity contribution is 5.80. The molecule has 24 heavy (non-hydrogen) atoms. The van der Waals surface area contributed by atoms with E-state index in [0.717, 1.165) is 0 Å². The lowest BCUT2D eigenvalue weighted by atomic mass is 10.1. The van der Waals surface area contributed by atoms with Crippen molar-refractivity contribution in [1.82, 2.24) is 4.68 Å². The van der Waals surface area contributed by atoms with Crippen molar-refractivity contribution in [2.75, 3.05) is 0 Å². The molecule has 0 saturated carbocycles. The highest BCUT2D eigenvalue weighted by Crippen LogP contribution is 2.21. The Balaban J connectivity index is 2.67. The Hall–Kier alpha value is -3.02. The van der Waals surface area contributed by atoms with Crippen LogP contribution in [0.5, 0.6) is 0 Å². The number of rotatable bonds is 2. The number of hydrogen-bond acceptors (Lipinski definition) is 3. The fraction of sp³-hybridized carbons (Fsp3) is 0.133. The minimum Gasteiger partial charge on any atom is -0.266 e. The molecule has 0 fully saturated rings. The molecule has 0 unspecified atom stereocenters. The molecule has 0 aliphatic rings. The van der Waals surface area contributed by atoms with Gasteiger partial charge in [0.1, 0.15) is 11.6 Å². The molecule has 4 nitrogen and oxygen atoms in total. The fourth-order valence-electron chi connectivity index (χ4n) is 2.01. The first-order valence-corrected chi connectivity index (χ1v) is 6.39. The van der Waals surface area contributed by atoms with Crippen molar-refractivity contribution in [3.63, 3.8) is 0 Å². The van der Waals surface area contributed by atoms with Crippen LogP contribution in [0, 0.1) is 54.3 Å². The molecule has 0 radical (unpaired) electrons. The first-order chi connectivity index (χ1) is 11.2. The summed E-state index contributed by atoms with van der Waals surface area (Å²) >= 11 is 0. The van der Waals surface area contributed by atoms with Crippen LogP contribution in [0.2, 0.25) is 0 Å². The van der Waals surface area contributed by atoms with Crippen molar-refractivity contribution >= 4 is 6.21 Å². The maximum atomic E-state index is 13.6. The lowest BCUT2D eigenvalue weighted by molar-refractivity contribution is 0.377. The molecule has 0 saturated heterocycles. The molecular weight excluding hydrogens is 333 g/mol. The normalized spacial score (nSPS) is 11.1. The third kappa shape index (κ3) is 2.67. The number of benzene rings is 1. The van der Waals surface area contributed by atoms with Crippen molar-refractivity contribution in [1.29, 1.82) is 5.26 Å². The van der Waals surface area contributed by atoms with Crippen LogP contribution in [0.25, 0.3) is 0 Å². The predicted octanol–water partition coefficient (Wildman–Crippen LogP) is 2.91. The smallest absolute Gasteiger partial charge is 0.266 e. The number of nitriles is 1. The minimum absolute atomic E-state index is 0.205. The van der Waals surface area contributed by atoms with Crippen LogP contribution in [0.3, 0.4) is 0 Å². The second kappa shape index (κ2) is 6.23. The van der Waals surface area contributed by atoms with Gasteiger partial charge in [0, 0.05) is 5.69 Å². The van der Waals surface area contributed by atoms with E-state index < -0.39 is 40.2 Å². The number of aryl methyl sites for hydroxylation is 2. The molecule has 2 aromatic rings. The largest absolute Gasteiger partial charge is 0.289 e. The summed E-state index contributed by atoms with van der Waals surface area (Å²) in [6.07, 6.45) is 0.334. The molecule has 1 heterocycles. The summed E-state index contributed by atoms with van der Waals surface area (Å²) in [7, 11) is 0. The molecule has 0 spiro atoms. The Labute approximate surface area is 132 Å². The summed E-state index contributed by atoms with van der Waals surface area (Å²) in [5.74, 6) is -10.7. The monoisotopic (exact) mass is 341 g/mol. The first-order valence-electron chi connectivity index (χ1n) is 6.39. The van der Waals surface area contributed by atoms with Gasteiger partial charge in [-0.05, 0) is 25.5 Å². The van der Waals surface area contributed by atoms with Gasteiger partial charge in [-0.15, -0.1) is 0 Å². The summed E-state index contributed by atoms with van der Waals surface area (Å²) in [4.78, 5) is 12.1. The molecule has 0 N–H and O–H groups in total. The van der Waals surface area contributed by atoms with E-state index in [9.17, 15) is 26.7 Å². The van der Waals surface area contributed by atoms with Crippen molar-refractivity contribution in [3.05, 3.63) is 67.9 Å². The van der Waals surface area contributed by atoms with Gasteiger partial charge in [-0.3, -0.25) is 4.79 Å². The van der Waals surface area contributed by atoms with Crippen LogP contribution in [-0.4, -0.2) is 10.9 Å². The lowest BCUT2D eigenvalue weighted by Gasteiger charge is -2.07. The van der Waals surface area contributed by atoms with Gasteiger partial charge < -0.3 is 0 Å². The number of hydrogen-bond donors (Lipinski definition) is 0. The first kappa shape index (κ1) is 17.3. The van der Waals surface area contributed by atoms with Crippen LogP contribution in [0.15, 0.2) is 16.0 Å². The number of halogens is 5. The zero-order valence-electron chi connectivity index (χ0n) is 12.3. The molecule has 124 valence electrons. The predicted molar refractivity (Wildman–Crippen MR) is 74.1 cm³/mol. The maximum absolute atomic E-state index is 13.6. The van der Waals surface area contributed by atoms with E-state index in [1.165, 1.54) is 19.9 Å². The molecule has 0 atom stereocenters. The number of nitrogens with zero attached hydrogens (tertiary/aromatic N) is 3. The van der Waals surface area contributed by atoms with Crippen molar-refractivity contribution in [2.45, 2.75) is 13.8 Å². The summed E-state index contributed by atoms with van der Waals surface area (Å²) in [5.41, 5.74) is -1.86. The minimum atomic E-state index is -2.29. The van der Waals surface area contributed by atoms with E-state index in [0.29, 0.717) is 16.5 Å². The second-order valence-corrected chi connectivity index (χ2v) is 4.80. The second-order valence-electron chi connectivity index (χ2n) is 4.80. The Kier molecular flexibility index (Phi) is 4.50. The van der Waals surface area contributed by atoms with Crippen molar-refractivity contribution in [3.8, 4) is 6.07 Å². The maximum Gasteiger partial charge on any atom is 0.289 e. The van der Waals surface area contributed by atoms with E-state index in [1.807, 2.05) is 0 Å². The molecular formula is C15H8F5N3O. The highest BCUT2D eigenvalue weighted by atomic mass is 19.2. The van der Waals surface area contributed by atoms with Gasteiger partial charge in [0.2, 0.25) is 5.82 Å². The molecule has 0 aliphatic heterocycles. The van der Waals surface area contributed by atoms with E-state index in [1.54, 1.807) is 6.07 Å². The molecule has 1 aromatic heterocycles. The lowest BCUT2D eigenvalue weighted by Crippen LogP contribution is -2.23. The van der Waals surface area contributed by atoms with Gasteiger partial charge in [0.15, 0.2) is 23.3 Å². The van der Waals surface area contributed by atoms with Crippen molar-refractivity contribution < 1.29 is 22.0 Å². The average Bonchev–Trinajstić information content (AvgIpc) is 2.53. The zero-order valence-corrected chi connectivity index (χ0v) is 12.3. The topological polar surface area (TPSA) is 58.1 Å². The summed E-state index contributed by atoms with van der Waals surface area (Å²) in [6, 6.07) is 3.07. The Bertz CT molecular complexity index is 944. The van der Waals surface area contributed by atoms with Crippen molar-refractivity contribution in [2.24, 2.45) is 5.10 Å². The molecule has 1 aromatic carbocycles. The number of aromatic nitrogens is 1. The summed E-state index contributed by atoms with van der Waals surface area (Å²) < 4.78 is 67.0. The molecule has 0 bridgehead atoms. The van der Waals surface area contributed by atoms with E-state index in [-0.39, 0.29) is 11.3 Å². The van der Waals surface area contributed by atoms with Crippen LogP contribution in [0.4, 0.5) is 22.0 Å². The van der Waals surface area contributed by atoms with E-state index >= 15 is 0 Å². The average molecular weight is 341 g/mol.